The van der Waals surface area contributed by atoms with Gasteiger partial charge in [0.15, 0.2) is 0 Å². The molecule has 2 aromatic rings. The number of aromatic nitrogens is 1. The molecule has 1 fully saturated rings. The minimum Gasteiger partial charge on any atom is -0.368 e. The van der Waals surface area contributed by atoms with E-state index in [1.165, 1.54) is 18.2 Å². The molecule has 0 aliphatic carbocycles. The van der Waals surface area contributed by atoms with Crippen molar-refractivity contribution in [3.63, 3.8) is 0 Å². The number of piperazine rings is 1. The highest BCUT2D eigenvalue weighted by molar-refractivity contribution is 5.59. The van der Waals surface area contributed by atoms with Crippen LogP contribution in [-0.2, 0) is 0 Å². The summed E-state index contributed by atoms with van der Waals surface area (Å²) in [6, 6.07) is 9.39. The number of nitro groups is 2. The van der Waals surface area contributed by atoms with Crippen molar-refractivity contribution in [2.45, 2.75) is 0 Å². The van der Waals surface area contributed by atoms with Crippen molar-refractivity contribution < 1.29 is 9.85 Å². The number of nitrogens with zero attached hydrogens (tertiary/aromatic N) is 5. The highest BCUT2D eigenvalue weighted by Gasteiger charge is 2.24. The Balaban J connectivity index is 1.70. The number of hydrogen-bond donors (Lipinski definition) is 0. The summed E-state index contributed by atoms with van der Waals surface area (Å²) in [5.41, 5.74) is 0.957. The summed E-state index contributed by atoms with van der Waals surface area (Å²) >= 11 is 0. The smallest absolute Gasteiger partial charge is 0.311 e. The number of hydrogen-bond acceptors (Lipinski definition) is 7. The quantitative estimate of drug-likeness (QED) is 0.625. The lowest BCUT2D eigenvalue weighted by Crippen LogP contribution is -2.47. The Morgan fingerprint density at radius 3 is 2.08 bits per heavy atom. The SMILES string of the molecule is O=[N+]([O-])c1ccc(N2CCN(c3ncccc3[N+](=O)[O-])CC2)cc1. The second-order valence-electron chi connectivity index (χ2n) is 5.35. The van der Waals surface area contributed by atoms with Gasteiger partial charge in [0.25, 0.3) is 5.69 Å². The molecule has 0 radical (unpaired) electrons. The molecule has 0 atom stereocenters. The van der Waals surface area contributed by atoms with Gasteiger partial charge in [-0.2, -0.15) is 0 Å². The van der Waals surface area contributed by atoms with Gasteiger partial charge >= 0.3 is 5.69 Å². The molecule has 1 aromatic heterocycles. The van der Waals surface area contributed by atoms with Gasteiger partial charge in [0.1, 0.15) is 0 Å². The maximum Gasteiger partial charge on any atom is 0.311 e. The summed E-state index contributed by atoms with van der Waals surface area (Å²) in [4.78, 5) is 29.1. The van der Waals surface area contributed by atoms with Gasteiger partial charge in [-0.25, -0.2) is 4.98 Å². The fourth-order valence-corrected chi connectivity index (χ4v) is 2.74. The van der Waals surface area contributed by atoms with Crippen LogP contribution in [0.2, 0.25) is 0 Å². The lowest BCUT2D eigenvalue weighted by molar-refractivity contribution is -0.384. The summed E-state index contributed by atoms with van der Waals surface area (Å²) in [7, 11) is 0. The summed E-state index contributed by atoms with van der Waals surface area (Å²) < 4.78 is 0. The van der Waals surface area contributed by atoms with E-state index in [1.54, 1.807) is 24.4 Å². The molecule has 0 amide bonds. The third-order valence-electron chi connectivity index (χ3n) is 3.97. The topological polar surface area (TPSA) is 106 Å². The normalized spacial score (nSPS) is 14.5. The number of benzene rings is 1. The van der Waals surface area contributed by atoms with Crippen molar-refractivity contribution in [1.82, 2.24) is 4.98 Å². The van der Waals surface area contributed by atoms with Crippen LogP contribution in [0.15, 0.2) is 42.6 Å². The highest BCUT2D eigenvalue weighted by atomic mass is 16.6. The van der Waals surface area contributed by atoms with E-state index in [9.17, 15) is 20.2 Å². The Labute approximate surface area is 137 Å². The van der Waals surface area contributed by atoms with Crippen LogP contribution in [0.25, 0.3) is 0 Å². The van der Waals surface area contributed by atoms with Crippen molar-refractivity contribution >= 4 is 22.9 Å². The first kappa shape index (κ1) is 15.7. The Kier molecular flexibility index (Phi) is 4.23. The molecule has 3 rings (SSSR count). The van der Waals surface area contributed by atoms with E-state index in [0.717, 1.165) is 5.69 Å². The molecule has 1 saturated heterocycles. The molecule has 0 saturated carbocycles. The first-order valence-corrected chi connectivity index (χ1v) is 7.40. The zero-order valence-corrected chi connectivity index (χ0v) is 12.7. The number of rotatable bonds is 4. The van der Waals surface area contributed by atoms with Crippen LogP contribution in [0.1, 0.15) is 0 Å². The first-order chi connectivity index (χ1) is 11.6. The van der Waals surface area contributed by atoms with Gasteiger partial charge in [0.2, 0.25) is 5.82 Å². The molecule has 9 heteroatoms. The van der Waals surface area contributed by atoms with Crippen molar-refractivity contribution in [2.24, 2.45) is 0 Å². The monoisotopic (exact) mass is 329 g/mol. The van der Waals surface area contributed by atoms with E-state index in [4.69, 9.17) is 0 Å². The van der Waals surface area contributed by atoms with Crippen LogP contribution in [0.4, 0.5) is 22.9 Å². The average molecular weight is 329 g/mol. The molecule has 0 spiro atoms. The van der Waals surface area contributed by atoms with Crippen molar-refractivity contribution in [1.29, 1.82) is 0 Å². The summed E-state index contributed by atoms with van der Waals surface area (Å²) in [6.07, 6.45) is 1.55. The number of anilines is 2. The summed E-state index contributed by atoms with van der Waals surface area (Å²) in [5, 5.41) is 21.8. The molecule has 1 aromatic carbocycles. The number of non-ortho nitro benzene ring substituents is 1. The molecule has 1 aliphatic rings. The third-order valence-corrected chi connectivity index (χ3v) is 3.97. The van der Waals surface area contributed by atoms with E-state index in [2.05, 4.69) is 9.88 Å². The van der Waals surface area contributed by atoms with Crippen LogP contribution in [0, 0.1) is 20.2 Å². The molecule has 124 valence electrons. The van der Waals surface area contributed by atoms with Gasteiger partial charge in [-0.05, 0) is 18.2 Å². The molecule has 1 aliphatic heterocycles. The van der Waals surface area contributed by atoms with E-state index < -0.39 is 9.85 Å². The van der Waals surface area contributed by atoms with Crippen LogP contribution in [-0.4, -0.2) is 41.0 Å². The number of pyridine rings is 1. The maximum absolute atomic E-state index is 11.1. The second-order valence-corrected chi connectivity index (χ2v) is 5.35. The molecule has 0 unspecified atom stereocenters. The Morgan fingerprint density at radius 2 is 1.50 bits per heavy atom. The van der Waals surface area contributed by atoms with Crippen molar-refractivity contribution in [3.05, 3.63) is 62.8 Å². The second kappa shape index (κ2) is 6.49. The minimum atomic E-state index is -0.429. The molecule has 9 nitrogen and oxygen atoms in total. The van der Waals surface area contributed by atoms with Crippen LogP contribution in [0.3, 0.4) is 0 Å². The third kappa shape index (κ3) is 3.09. The van der Waals surface area contributed by atoms with E-state index in [1.807, 2.05) is 4.90 Å². The van der Waals surface area contributed by atoms with Crippen molar-refractivity contribution in [2.75, 3.05) is 36.0 Å². The highest BCUT2D eigenvalue weighted by Crippen LogP contribution is 2.27. The molecule has 24 heavy (non-hydrogen) atoms. The molecule has 2 heterocycles. The van der Waals surface area contributed by atoms with Crippen LogP contribution >= 0.6 is 0 Å². The molecular formula is C15H15N5O4. The lowest BCUT2D eigenvalue weighted by atomic mass is 10.2. The van der Waals surface area contributed by atoms with Gasteiger partial charge in [-0.15, -0.1) is 0 Å². The molecule has 0 bridgehead atoms. The standard InChI is InChI=1S/C15H15N5O4/c21-19(22)13-5-3-12(4-6-13)17-8-10-18(11-9-17)15-14(20(23)24)2-1-7-16-15/h1-7H,8-11H2. The van der Waals surface area contributed by atoms with E-state index in [0.29, 0.717) is 32.0 Å². The fraction of sp³-hybridized carbons (Fsp3) is 0.267. The van der Waals surface area contributed by atoms with Crippen LogP contribution < -0.4 is 9.80 Å². The summed E-state index contributed by atoms with van der Waals surface area (Å²) in [5.74, 6) is 0.380. The number of nitro benzene ring substituents is 1. The predicted octanol–water partition coefficient (Wildman–Crippen LogP) is 2.22. The van der Waals surface area contributed by atoms with Gasteiger partial charge in [-0.3, -0.25) is 20.2 Å². The minimum absolute atomic E-state index is 0.00119. The van der Waals surface area contributed by atoms with Gasteiger partial charge in [-0.1, -0.05) is 0 Å². The van der Waals surface area contributed by atoms with E-state index in [-0.39, 0.29) is 11.4 Å². The van der Waals surface area contributed by atoms with E-state index >= 15 is 0 Å². The maximum atomic E-state index is 11.1. The van der Waals surface area contributed by atoms with Gasteiger partial charge in [0.05, 0.1) is 9.85 Å². The lowest BCUT2D eigenvalue weighted by Gasteiger charge is -2.36. The average Bonchev–Trinajstić information content (AvgIpc) is 2.62. The van der Waals surface area contributed by atoms with Crippen LogP contribution in [0.5, 0.6) is 0 Å². The van der Waals surface area contributed by atoms with Gasteiger partial charge in [0, 0.05) is 56.3 Å². The predicted molar refractivity (Wildman–Crippen MR) is 88.4 cm³/mol. The van der Waals surface area contributed by atoms with Gasteiger partial charge < -0.3 is 9.80 Å². The molecule has 0 N–H and O–H groups in total. The Hall–Kier alpha value is -3.23. The largest absolute Gasteiger partial charge is 0.368 e. The fourth-order valence-electron chi connectivity index (χ4n) is 2.74. The zero-order valence-electron chi connectivity index (χ0n) is 12.7. The zero-order chi connectivity index (χ0) is 17.1. The Morgan fingerprint density at radius 1 is 0.875 bits per heavy atom. The first-order valence-electron chi connectivity index (χ1n) is 7.40. The van der Waals surface area contributed by atoms with Crippen molar-refractivity contribution in [3.8, 4) is 0 Å². The summed E-state index contributed by atoms with van der Waals surface area (Å²) in [6.45, 7) is 2.50. The molecular weight excluding hydrogens is 314 g/mol. The Bertz CT molecular complexity index is 757.